The van der Waals surface area contributed by atoms with Crippen molar-refractivity contribution in [1.82, 2.24) is 24.5 Å². The highest BCUT2D eigenvalue weighted by atomic mass is 19.1. The van der Waals surface area contributed by atoms with Crippen molar-refractivity contribution < 1.29 is 19.0 Å². The molecule has 2 aliphatic rings. The molecule has 212 valence electrons. The van der Waals surface area contributed by atoms with Crippen LogP contribution in [0.4, 0.5) is 4.39 Å². The molecule has 0 saturated carbocycles. The lowest BCUT2D eigenvalue weighted by Gasteiger charge is -2.34. The largest absolute Gasteiger partial charge is 0.385 e. The van der Waals surface area contributed by atoms with Crippen molar-refractivity contribution in [2.75, 3.05) is 26.4 Å². The fourth-order valence-corrected chi connectivity index (χ4v) is 6.88. The van der Waals surface area contributed by atoms with Gasteiger partial charge in [0.15, 0.2) is 5.82 Å². The second-order valence-electron chi connectivity index (χ2n) is 11.4. The molecule has 2 fully saturated rings. The van der Waals surface area contributed by atoms with E-state index < -0.39 is 11.4 Å². The van der Waals surface area contributed by atoms with Gasteiger partial charge in [0.1, 0.15) is 0 Å². The van der Waals surface area contributed by atoms with Gasteiger partial charge in [0.05, 0.1) is 39.6 Å². The van der Waals surface area contributed by atoms with Crippen LogP contribution in [0.2, 0.25) is 0 Å². The predicted molar refractivity (Wildman–Crippen MR) is 154 cm³/mol. The third kappa shape index (κ3) is 4.34. The van der Waals surface area contributed by atoms with Gasteiger partial charge in [-0.15, -0.1) is 5.10 Å². The number of aromatic nitrogens is 5. The first kappa shape index (κ1) is 26.3. The number of hydrogen-bond acceptors (Lipinski definition) is 6. The number of aliphatic hydroxyl groups is 1. The van der Waals surface area contributed by atoms with Gasteiger partial charge in [-0.2, -0.15) is 0 Å². The van der Waals surface area contributed by atoms with Crippen LogP contribution in [0, 0.1) is 18.7 Å². The monoisotopic (exact) mass is 555 g/mol. The zero-order valence-corrected chi connectivity index (χ0v) is 23.4. The topological polar surface area (TPSA) is 87.2 Å². The Bertz CT molecular complexity index is 1700. The maximum absolute atomic E-state index is 17.0. The van der Waals surface area contributed by atoms with E-state index in [1.54, 1.807) is 10.7 Å². The van der Waals surface area contributed by atoms with E-state index in [4.69, 9.17) is 14.5 Å². The average molecular weight is 556 g/mol. The Morgan fingerprint density at radius 3 is 2.46 bits per heavy atom. The van der Waals surface area contributed by atoms with Gasteiger partial charge >= 0.3 is 0 Å². The first-order chi connectivity index (χ1) is 20.0. The predicted octanol–water partition coefficient (Wildman–Crippen LogP) is 5.45. The highest BCUT2D eigenvalue weighted by Crippen LogP contribution is 2.44. The second-order valence-corrected chi connectivity index (χ2v) is 11.4. The molecule has 3 aromatic heterocycles. The van der Waals surface area contributed by atoms with Crippen LogP contribution in [0.15, 0.2) is 54.7 Å². The fraction of sp³-hybridized carbons (Fsp3) is 0.406. The molecule has 2 aliphatic heterocycles. The van der Waals surface area contributed by atoms with Gasteiger partial charge in [-0.3, -0.25) is 4.98 Å². The molecule has 9 heteroatoms. The molecule has 5 aromatic rings. The summed E-state index contributed by atoms with van der Waals surface area (Å²) < 4.78 is 32.2. The molecule has 5 heterocycles. The van der Waals surface area contributed by atoms with Crippen molar-refractivity contribution in [2.45, 2.75) is 44.2 Å². The number of benzene rings is 2. The minimum absolute atomic E-state index is 0.156. The lowest BCUT2D eigenvalue weighted by molar-refractivity contribution is -0.0696. The van der Waals surface area contributed by atoms with E-state index in [1.165, 1.54) is 0 Å². The van der Waals surface area contributed by atoms with Crippen LogP contribution in [0.5, 0.6) is 0 Å². The summed E-state index contributed by atoms with van der Waals surface area (Å²) in [6.45, 7) is 4.06. The summed E-state index contributed by atoms with van der Waals surface area (Å²) in [6, 6.07) is 15.9. The third-order valence-corrected chi connectivity index (χ3v) is 8.96. The Hall–Kier alpha value is -3.66. The average Bonchev–Trinajstić information content (AvgIpc) is 3.51. The van der Waals surface area contributed by atoms with Gasteiger partial charge in [0, 0.05) is 69.0 Å². The van der Waals surface area contributed by atoms with E-state index >= 15 is 4.39 Å². The molecule has 0 unspecified atom stereocenters. The molecule has 0 radical (unpaired) electrons. The molecule has 7 rings (SSSR count). The standard InChI is InChI=1S/C32H34FN5O3/c1-20-29(37(2)36-35-20)23-18-26-28(34-19-23)24-8-9-25(32(39)12-16-41-17-13-32)27(33)31(24)38(26)30(21-6-4-3-5-7-21)22-10-14-40-15-11-22/h3-9,18-19,22,30,39H,10-17H2,1-2H3/t30-/m1/s1. The lowest BCUT2D eigenvalue weighted by atomic mass is 9.85. The normalized spacial score (nSPS) is 18.7. The van der Waals surface area contributed by atoms with Crippen LogP contribution in [-0.2, 0) is 22.1 Å². The Morgan fingerprint density at radius 2 is 1.76 bits per heavy atom. The van der Waals surface area contributed by atoms with Crippen molar-refractivity contribution >= 4 is 21.9 Å². The molecule has 1 atom stereocenters. The number of aryl methyl sites for hydroxylation is 2. The van der Waals surface area contributed by atoms with Crippen molar-refractivity contribution in [3.63, 3.8) is 0 Å². The molecule has 41 heavy (non-hydrogen) atoms. The van der Waals surface area contributed by atoms with Crippen LogP contribution in [0.25, 0.3) is 33.2 Å². The van der Waals surface area contributed by atoms with Crippen LogP contribution >= 0.6 is 0 Å². The summed E-state index contributed by atoms with van der Waals surface area (Å²) in [5.41, 5.74) is 4.74. The van der Waals surface area contributed by atoms with Crippen LogP contribution in [0.3, 0.4) is 0 Å². The van der Waals surface area contributed by atoms with E-state index in [9.17, 15) is 5.11 Å². The number of nitrogens with zero attached hydrogens (tertiary/aromatic N) is 5. The van der Waals surface area contributed by atoms with Gasteiger partial charge in [-0.05, 0) is 37.3 Å². The van der Waals surface area contributed by atoms with Crippen LogP contribution in [-0.4, -0.2) is 56.1 Å². The van der Waals surface area contributed by atoms with E-state index in [1.807, 2.05) is 44.4 Å². The van der Waals surface area contributed by atoms with Gasteiger partial charge in [0.2, 0.25) is 0 Å². The van der Waals surface area contributed by atoms with Crippen molar-refractivity contribution in [2.24, 2.45) is 13.0 Å². The summed E-state index contributed by atoms with van der Waals surface area (Å²) in [7, 11) is 1.87. The first-order valence-corrected chi connectivity index (χ1v) is 14.4. The number of fused-ring (bicyclic) bond motifs is 3. The number of halogens is 1. The summed E-state index contributed by atoms with van der Waals surface area (Å²) in [5, 5.41) is 20.8. The van der Waals surface area contributed by atoms with Crippen molar-refractivity contribution in [1.29, 1.82) is 0 Å². The quantitative estimate of drug-likeness (QED) is 0.311. The Balaban J connectivity index is 1.56. The molecule has 0 spiro atoms. The van der Waals surface area contributed by atoms with E-state index in [0.717, 1.165) is 51.8 Å². The Kier molecular flexibility index (Phi) is 6.60. The molecule has 0 aliphatic carbocycles. The molecule has 2 aromatic carbocycles. The van der Waals surface area contributed by atoms with E-state index in [-0.39, 0.29) is 12.0 Å². The number of rotatable bonds is 5. The molecule has 2 saturated heterocycles. The van der Waals surface area contributed by atoms with Gasteiger partial charge in [-0.1, -0.05) is 47.7 Å². The third-order valence-electron chi connectivity index (χ3n) is 8.96. The first-order valence-electron chi connectivity index (χ1n) is 14.4. The van der Waals surface area contributed by atoms with E-state index in [2.05, 4.69) is 33.1 Å². The minimum Gasteiger partial charge on any atom is -0.385 e. The summed E-state index contributed by atoms with van der Waals surface area (Å²) in [6.07, 6.45) is 4.25. The SMILES string of the molecule is Cc1nnn(C)c1-c1cnc2c3ccc(C4(O)CCOCC4)c(F)c3n([C@H](c3ccccc3)C3CCOCC3)c2c1. The number of pyridine rings is 1. The van der Waals surface area contributed by atoms with Gasteiger partial charge in [-0.25, -0.2) is 9.07 Å². The maximum atomic E-state index is 17.0. The molecule has 0 bridgehead atoms. The van der Waals surface area contributed by atoms with Crippen LogP contribution in [0.1, 0.15) is 48.5 Å². The van der Waals surface area contributed by atoms with Crippen molar-refractivity contribution in [3.05, 3.63) is 77.4 Å². The Morgan fingerprint density at radius 1 is 1.02 bits per heavy atom. The highest BCUT2D eigenvalue weighted by molar-refractivity contribution is 6.07. The summed E-state index contributed by atoms with van der Waals surface area (Å²) in [4.78, 5) is 4.93. The summed E-state index contributed by atoms with van der Waals surface area (Å²) in [5.74, 6) is -0.166. The zero-order valence-electron chi connectivity index (χ0n) is 23.4. The molecular formula is C32H34FN5O3. The Labute approximate surface area is 237 Å². The zero-order chi connectivity index (χ0) is 28.1. The summed E-state index contributed by atoms with van der Waals surface area (Å²) >= 11 is 0. The fourth-order valence-electron chi connectivity index (χ4n) is 6.88. The highest BCUT2D eigenvalue weighted by Gasteiger charge is 2.37. The molecular weight excluding hydrogens is 521 g/mol. The molecule has 1 N–H and O–H groups in total. The molecule has 8 nitrogen and oxygen atoms in total. The van der Waals surface area contributed by atoms with Crippen molar-refractivity contribution in [3.8, 4) is 11.3 Å². The minimum atomic E-state index is -1.28. The number of hydrogen-bond donors (Lipinski definition) is 1. The van der Waals surface area contributed by atoms with E-state index in [0.29, 0.717) is 50.3 Å². The lowest BCUT2D eigenvalue weighted by Crippen LogP contribution is -2.34. The number of ether oxygens (including phenoxy) is 2. The van der Waals surface area contributed by atoms with Crippen LogP contribution < -0.4 is 0 Å². The maximum Gasteiger partial charge on any atom is 0.153 e. The molecule has 0 amide bonds. The second kappa shape index (κ2) is 10.3. The van der Waals surface area contributed by atoms with Gasteiger partial charge in [0.25, 0.3) is 0 Å². The smallest absolute Gasteiger partial charge is 0.153 e. The van der Waals surface area contributed by atoms with Gasteiger partial charge < -0.3 is 19.1 Å².